The lowest BCUT2D eigenvalue weighted by Crippen LogP contribution is -2.22. The van der Waals surface area contributed by atoms with Crippen LogP contribution in [0, 0.1) is 11.8 Å². The topological polar surface area (TPSA) is 28.2 Å². The molecule has 2 fully saturated rings. The van der Waals surface area contributed by atoms with Gasteiger partial charge in [-0.05, 0) is 24.7 Å². The second-order valence-electron chi connectivity index (χ2n) is 6.41. The summed E-state index contributed by atoms with van der Waals surface area (Å²) in [7, 11) is 0. The molecule has 0 amide bonds. The van der Waals surface area contributed by atoms with Crippen molar-refractivity contribution in [3.05, 3.63) is 16.1 Å². The van der Waals surface area contributed by atoms with Gasteiger partial charge in [-0.25, -0.2) is 4.98 Å². The number of rotatable bonds is 5. The van der Waals surface area contributed by atoms with Crippen molar-refractivity contribution in [3.8, 4) is 0 Å². The number of thiazole rings is 1. The highest BCUT2D eigenvalue weighted by molar-refractivity contribution is 7.09. The van der Waals surface area contributed by atoms with Crippen LogP contribution in [0.2, 0.25) is 0 Å². The first-order chi connectivity index (χ1) is 9.20. The van der Waals surface area contributed by atoms with Crippen LogP contribution in [-0.4, -0.2) is 29.0 Å². The molecule has 1 aromatic rings. The molecule has 3 rings (SSSR count). The van der Waals surface area contributed by atoms with Crippen LogP contribution in [-0.2, 0) is 13.1 Å². The summed E-state index contributed by atoms with van der Waals surface area (Å²) in [5.74, 6) is 1.97. The van der Waals surface area contributed by atoms with Crippen LogP contribution in [0.15, 0.2) is 5.38 Å². The summed E-state index contributed by atoms with van der Waals surface area (Å²) in [6.07, 6.45) is 4.38. The van der Waals surface area contributed by atoms with Gasteiger partial charge in [0.05, 0.1) is 5.69 Å². The molecule has 3 nitrogen and oxygen atoms in total. The third-order valence-corrected chi connectivity index (χ3v) is 5.35. The highest BCUT2D eigenvalue weighted by atomic mass is 32.1. The Hall–Kier alpha value is -0.450. The minimum atomic E-state index is 0.533. The van der Waals surface area contributed by atoms with E-state index in [1.807, 2.05) is 0 Å². The van der Waals surface area contributed by atoms with E-state index in [-0.39, 0.29) is 0 Å². The molecule has 19 heavy (non-hydrogen) atoms. The predicted molar refractivity (Wildman–Crippen MR) is 80.2 cm³/mol. The third kappa shape index (κ3) is 3.36. The number of nitrogens with zero attached hydrogens (tertiary/aromatic N) is 2. The molecule has 1 aliphatic carbocycles. The molecule has 1 saturated heterocycles. The van der Waals surface area contributed by atoms with E-state index in [9.17, 15) is 0 Å². The monoisotopic (exact) mass is 279 g/mol. The normalized spacial score (nSPS) is 27.3. The van der Waals surface area contributed by atoms with Gasteiger partial charge in [-0.1, -0.05) is 20.3 Å². The molecule has 0 aromatic carbocycles. The Balaban J connectivity index is 1.50. The van der Waals surface area contributed by atoms with Gasteiger partial charge in [-0.3, -0.25) is 4.90 Å². The Morgan fingerprint density at radius 2 is 2.11 bits per heavy atom. The molecule has 0 bridgehead atoms. The van der Waals surface area contributed by atoms with Crippen LogP contribution in [0.5, 0.6) is 0 Å². The molecule has 2 heterocycles. The van der Waals surface area contributed by atoms with Crippen molar-refractivity contribution < 1.29 is 0 Å². The summed E-state index contributed by atoms with van der Waals surface area (Å²) in [6.45, 7) is 8.94. The summed E-state index contributed by atoms with van der Waals surface area (Å²) in [4.78, 5) is 7.37. The molecule has 0 spiro atoms. The van der Waals surface area contributed by atoms with Crippen LogP contribution in [0.1, 0.15) is 43.8 Å². The average Bonchev–Trinajstić information content (AvgIpc) is 3.02. The minimum Gasteiger partial charge on any atom is -0.308 e. The van der Waals surface area contributed by atoms with E-state index in [4.69, 9.17) is 4.98 Å². The molecule has 2 aliphatic rings. The fraction of sp³-hybridized carbons (Fsp3) is 0.800. The third-order valence-electron chi connectivity index (χ3n) is 4.45. The van der Waals surface area contributed by atoms with E-state index in [1.54, 1.807) is 11.3 Å². The van der Waals surface area contributed by atoms with Crippen molar-refractivity contribution in [3.63, 3.8) is 0 Å². The molecular weight excluding hydrogens is 254 g/mol. The van der Waals surface area contributed by atoms with Gasteiger partial charge in [-0.2, -0.15) is 0 Å². The first-order valence-corrected chi connectivity index (χ1v) is 8.47. The molecule has 1 N–H and O–H groups in total. The Bertz CT molecular complexity index is 403. The number of nitrogens with one attached hydrogen (secondary N) is 1. The van der Waals surface area contributed by atoms with E-state index >= 15 is 0 Å². The van der Waals surface area contributed by atoms with Crippen molar-refractivity contribution in [1.29, 1.82) is 0 Å². The minimum absolute atomic E-state index is 0.533. The number of aromatic nitrogens is 1. The van der Waals surface area contributed by atoms with Gasteiger partial charge >= 0.3 is 0 Å². The molecule has 106 valence electrons. The number of fused-ring (bicyclic) bond motifs is 1. The first kappa shape index (κ1) is 13.5. The van der Waals surface area contributed by atoms with Gasteiger partial charge in [0, 0.05) is 37.6 Å². The SMILES string of the molecule is CC(C)NCc1nc(CN2CC3CCCC3C2)cs1. The highest BCUT2D eigenvalue weighted by Gasteiger charge is 2.35. The second-order valence-corrected chi connectivity index (χ2v) is 7.36. The van der Waals surface area contributed by atoms with E-state index in [0.717, 1.165) is 24.9 Å². The van der Waals surface area contributed by atoms with Gasteiger partial charge < -0.3 is 5.32 Å². The zero-order valence-corrected chi connectivity index (χ0v) is 12.9. The van der Waals surface area contributed by atoms with E-state index < -0.39 is 0 Å². The lowest BCUT2D eigenvalue weighted by molar-refractivity contribution is 0.300. The van der Waals surface area contributed by atoms with Crippen molar-refractivity contribution in [2.45, 2.75) is 52.2 Å². The van der Waals surface area contributed by atoms with Gasteiger partial charge in [0.1, 0.15) is 5.01 Å². The molecule has 1 saturated carbocycles. The number of likely N-dealkylation sites (tertiary alicyclic amines) is 1. The highest BCUT2D eigenvalue weighted by Crippen LogP contribution is 2.38. The van der Waals surface area contributed by atoms with Crippen LogP contribution >= 0.6 is 11.3 Å². The van der Waals surface area contributed by atoms with E-state index in [0.29, 0.717) is 6.04 Å². The molecule has 1 aliphatic heterocycles. The van der Waals surface area contributed by atoms with Gasteiger partial charge in [0.25, 0.3) is 0 Å². The smallest absolute Gasteiger partial charge is 0.107 e. The van der Waals surface area contributed by atoms with Crippen LogP contribution in [0.3, 0.4) is 0 Å². The Morgan fingerprint density at radius 1 is 1.37 bits per heavy atom. The van der Waals surface area contributed by atoms with Crippen molar-refractivity contribution in [2.24, 2.45) is 11.8 Å². The van der Waals surface area contributed by atoms with E-state index in [1.165, 1.54) is 43.1 Å². The summed E-state index contributed by atoms with van der Waals surface area (Å²) in [5.41, 5.74) is 1.27. The quantitative estimate of drug-likeness (QED) is 0.898. The number of hydrogen-bond donors (Lipinski definition) is 1. The first-order valence-electron chi connectivity index (χ1n) is 7.59. The predicted octanol–water partition coefficient (Wildman–Crippen LogP) is 2.87. The molecule has 1 aromatic heterocycles. The lowest BCUT2D eigenvalue weighted by atomic mass is 10.0. The Morgan fingerprint density at radius 3 is 2.79 bits per heavy atom. The molecule has 2 unspecified atom stereocenters. The Kier molecular flexibility index (Phi) is 4.20. The lowest BCUT2D eigenvalue weighted by Gasteiger charge is -2.14. The fourth-order valence-electron chi connectivity index (χ4n) is 3.48. The maximum atomic E-state index is 4.75. The zero-order valence-electron chi connectivity index (χ0n) is 12.1. The maximum absolute atomic E-state index is 4.75. The summed E-state index contributed by atoms with van der Waals surface area (Å²) in [6, 6.07) is 0.533. The molecule has 4 heteroatoms. The van der Waals surface area contributed by atoms with Crippen molar-refractivity contribution in [1.82, 2.24) is 15.2 Å². The van der Waals surface area contributed by atoms with Crippen LogP contribution < -0.4 is 5.32 Å². The van der Waals surface area contributed by atoms with E-state index in [2.05, 4.69) is 29.4 Å². The van der Waals surface area contributed by atoms with Crippen molar-refractivity contribution >= 4 is 11.3 Å². The standard InChI is InChI=1S/C15H25N3S/c1-11(2)16-6-15-17-14(10-19-15)9-18-7-12-4-3-5-13(12)8-18/h10-13,16H,3-9H2,1-2H3. The molecular formula is C15H25N3S. The summed E-state index contributed by atoms with van der Waals surface area (Å²) >= 11 is 1.80. The molecule has 2 atom stereocenters. The number of hydrogen-bond acceptors (Lipinski definition) is 4. The fourth-order valence-corrected chi connectivity index (χ4v) is 4.22. The van der Waals surface area contributed by atoms with Crippen LogP contribution in [0.25, 0.3) is 0 Å². The van der Waals surface area contributed by atoms with Crippen molar-refractivity contribution in [2.75, 3.05) is 13.1 Å². The van der Waals surface area contributed by atoms with Gasteiger partial charge in [-0.15, -0.1) is 11.3 Å². The Labute approximate surface area is 120 Å². The summed E-state index contributed by atoms with van der Waals surface area (Å²) < 4.78 is 0. The van der Waals surface area contributed by atoms with Gasteiger partial charge in [0.15, 0.2) is 0 Å². The average molecular weight is 279 g/mol. The second kappa shape index (κ2) is 5.90. The van der Waals surface area contributed by atoms with Crippen LogP contribution in [0.4, 0.5) is 0 Å². The largest absolute Gasteiger partial charge is 0.308 e. The maximum Gasteiger partial charge on any atom is 0.107 e. The summed E-state index contributed by atoms with van der Waals surface area (Å²) in [5, 5.41) is 6.90. The molecule has 0 radical (unpaired) electrons. The van der Waals surface area contributed by atoms with Gasteiger partial charge in [0.2, 0.25) is 0 Å². The zero-order chi connectivity index (χ0) is 13.2.